The number of carbonyl (C=O) groups excluding carboxylic acids is 1. The Balaban J connectivity index is 1.94. The molecule has 0 bridgehead atoms. The van der Waals surface area contributed by atoms with Gasteiger partial charge in [0, 0.05) is 6.54 Å². The van der Waals surface area contributed by atoms with Gasteiger partial charge in [-0.2, -0.15) is 0 Å². The first-order valence-corrected chi connectivity index (χ1v) is 8.71. The molecule has 0 unspecified atom stereocenters. The van der Waals surface area contributed by atoms with Crippen molar-refractivity contribution >= 4 is 38.7 Å². The Morgan fingerprint density at radius 1 is 1.19 bits per heavy atom. The third-order valence-corrected chi connectivity index (χ3v) is 6.01. The third kappa shape index (κ3) is 4.52. The van der Waals surface area contributed by atoms with E-state index in [9.17, 15) is 17.6 Å². The number of thiophene rings is 1. The molecule has 4 nitrogen and oxygen atoms in total. The van der Waals surface area contributed by atoms with E-state index in [-0.39, 0.29) is 16.6 Å². The average Bonchev–Trinajstić information content (AvgIpc) is 2.85. The van der Waals surface area contributed by atoms with Crippen molar-refractivity contribution in [2.24, 2.45) is 0 Å². The van der Waals surface area contributed by atoms with E-state index in [1.165, 1.54) is 36.4 Å². The molecule has 8 heteroatoms. The highest BCUT2D eigenvalue weighted by atomic mass is 35.5. The first-order valence-electron chi connectivity index (χ1n) is 5.86. The monoisotopic (exact) mass is 347 g/mol. The summed E-state index contributed by atoms with van der Waals surface area (Å²) in [5.41, 5.74) is 0.682. The Morgan fingerprint density at radius 2 is 1.86 bits per heavy atom. The van der Waals surface area contributed by atoms with E-state index >= 15 is 0 Å². The number of halogens is 2. The number of amides is 1. The van der Waals surface area contributed by atoms with Crippen molar-refractivity contribution in [1.29, 1.82) is 0 Å². The summed E-state index contributed by atoms with van der Waals surface area (Å²) in [5.74, 6) is -1.64. The lowest BCUT2D eigenvalue weighted by molar-refractivity contribution is -0.118. The maximum Gasteiger partial charge on any atom is 0.235 e. The summed E-state index contributed by atoms with van der Waals surface area (Å²) in [6.45, 7) is 0.139. The van der Waals surface area contributed by atoms with Gasteiger partial charge in [0.05, 0.1) is 4.34 Å². The second kappa shape index (κ2) is 6.55. The molecule has 1 aromatic carbocycles. The molecule has 1 amide bonds. The summed E-state index contributed by atoms with van der Waals surface area (Å²) < 4.78 is 37.0. The Kier molecular flexibility index (Phi) is 4.97. The highest BCUT2D eigenvalue weighted by molar-refractivity contribution is 7.94. The summed E-state index contributed by atoms with van der Waals surface area (Å²) in [5, 5.41) is 2.48. The number of sulfone groups is 1. The maximum absolute atomic E-state index is 12.7. The average molecular weight is 348 g/mol. The fourth-order valence-electron chi connectivity index (χ4n) is 1.56. The molecule has 0 fully saturated rings. The summed E-state index contributed by atoms with van der Waals surface area (Å²) >= 11 is 6.59. The molecule has 0 aliphatic heterocycles. The molecule has 0 radical (unpaired) electrons. The molecule has 1 aromatic heterocycles. The molecule has 0 aliphatic rings. The molecular weight excluding hydrogens is 337 g/mol. The Labute approximate surface area is 130 Å². The Bertz CT molecular complexity index is 741. The van der Waals surface area contributed by atoms with Crippen molar-refractivity contribution < 1.29 is 17.6 Å². The molecule has 1 N–H and O–H groups in total. The first-order chi connectivity index (χ1) is 9.87. The van der Waals surface area contributed by atoms with Gasteiger partial charge in [-0.05, 0) is 29.8 Å². The topological polar surface area (TPSA) is 63.2 Å². The highest BCUT2D eigenvalue weighted by Gasteiger charge is 2.21. The van der Waals surface area contributed by atoms with Crippen LogP contribution in [0.2, 0.25) is 4.34 Å². The van der Waals surface area contributed by atoms with E-state index < -0.39 is 21.5 Å². The van der Waals surface area contributed by atoms with Crippen LogP contribution in [-0.2, 0) is 21.2 Å². The second-order valence-corrected chi connectivity index (χ2v) is 8.15. The predicted octanol–water partition coefficient (Wildman–Crippen LogP) is 2.63. The highest BCUT2D eigenvalue weighted by Crippen LogP contribution is 2.26. The van der Waals surface area contributed by atoms with Gasteiger partial charge < -0.3 is 5.32 Å². The van der Waals surface area contributed by atoms with Crippen molar-refractivity contribution in [3.63, 3.8) is 0 Å². The number of hydrogen-bond acceptors (Lipinski definition) is 4. The maximum atomic E-state index is 12.7. The minimum atomic E-state index is -3.69. The third-order valence-electron chi connectivity index (χ3n) is 2.58. The van der Waals surface area contributed by atoms with Crippen molar-refractivity contribution in [1.82, 2.24) is 5.32 Å². The largest absolute Gasteiger partial charge is 0.351 e. The number of carbonyl (C=O) groups is 1. The van der Waals surface area contributed by atoms with Gasteiger partial charge in [-0.15, -0.1) is 11.3 Å². The van der Waals surface area contributed by atoms with Crippen molar-refractivity contribution in [2.75, 3.05) is 5.75 Å². The van der Waals surface area contributed by atoms with Gasteiger partial charge in [-0.3, -0.25) is 4.79 Å². The van der Waals surface area contributed by atoms with Crippen LogP contribution in [0.15, 0.2) is 40.6 Å². The Morgan fingerprint density at radius 3 is 2.43 bits per heavy atom. The molecule has 0 saturated carbocycles. The zero-order valence-corrected chi connectivity index (χ0v) is 13.1. The lowest BCUT2D eigenvalue weighted by Crippen LogP contribution is -2.29. The van der Waals surface area contributed by atoms with Crippen LogP contribution in [0.1, 0.15) is 5.56 Å². The molecular formula is C13H11ClFNO3S2. The normalized spacial score (nSPS) is 11.3. The lowest BCUT2D eigenvalue weighted by atomic mass is 10.2. The number of nitrogens with one attached hydrogen (secondary N) is 1. The van der Waals surface area contributed by atoms with Gasteiger partial charge in [0.15, 0.2) is 9.84 Å². The predicted molar refractivity (Wildman–Crippen MR) is 79.6 cm³/mol. The zero-order chi connectivity index (χ0) is 15.5. The van der Waals surface area contributed by atoms with Crippen LogP contribution < -0.4 is 5.32 Å². The number of benzene rings is 1. The van der Waals surface area contributed by atoms with Crippen LogP contribution >= 0.6 is 22.9 Å². The summed E-state index contributed by atoms with van der Waals surface area (Å²) in [4.78, 5) is 11.7. The smallest absolute Gasteiger partial charge is 0.235 e. The fourth-order valence-corrected chi connectivity index (χ4v) is 4.30. The number of hydrogen-bond donors (Lipinski definition) is 1. The quantitative estimate of drug-likeness (QED) is 0.904. The summed E-state index contributed by atoms with van der Waals surface area (Å²) in [6, 6.07) is 8.41. The van der Waals surface area contributed by atoms with Gasteiger partial charge >= 0.3 is 0 Å². The first kappa shape index (κ1) is 15.9. The van der Waals surface area contributed by atoms with Crippen LogP contribution in [-0.4, -0.2) is 20.1 Å². The van der Waals surface area contributed by atoms with Crippen LogP contribution in [0.25, 0.3) is 0 Å². The SMILES string of the molecule is O=C(CS(=O)(=O)c1ccc(Cl)s1)NCc1ccc(F)cc1. The standard InChI is InChI=1S/C13H11ClFNO3S2/c14-11-5-6-13(20-11)21(18,19)8-12(17)16-7-9-1-3-10(15)4-2-9/h1-6H,7-8H2,(H,16,17). The van der Waals surface area contributed by atoms with E-state index in [0.29, 0.717) is 9.90 Å². The van der Waals surface area contributed by atoms with Crippen LogP contribution in [0, 0.1) is 5.82 Å². The van der Waals surface area contributed by atoms with E-state index in [4.69, 9.17) is 11.6 Å². The minimum absolute atomic E-state index is 0.0597. The lowest BCUT2D eigenvalue weighted by Gasteiger charge is -2.05. The van der Waals surface area contributed by atoms with E-state index in [1.807, 2.05) is 0 Å². The van der Waals surface area contributed by atoms with Crippen molar-refractivity contribution in [3.05, 3.63) is 52.1 Å². The van der Waals surface area contributed by atoms with Crippen molar-refractivity contribution in [3.8, 4) is 0 Å². The minimum Gasteiger partial charge on any atom is -0.351 e. The summed E-state index contributed by atoms with van der Waals surface area (Å²) in [6.07, 6.45) is 0. The van der Waals surface area contributed by atoms with Crippen LogP contribution in [0.3, 0.4) is 0 Å². The fraction of sp³-hybridized carbons (Fsp3) is 0.154. The summed E-state index contributed by atoms with van der Waals surface area (Å²) in [7, 11) is -3.69. The molecule has 21 heavy (non-hydrogen) atoms. The van der Waals surface area contributed by atoms with Crippen LogP contribution in [0.4, 0.5) is 4.39 Å². The molecule has 0 saturated heterocycles. The van der Waals surface area contributed by atoms with Crippen LogP contribution in [0.5, 0.6) is 0 Å². The molecule has 0 spiro atoms. The Hall–Kier alpha value is -1.44. The van der Waals surface area contributed by atoms with Crippen molar-refractivity contribution in [2.45, 2.75) is 10.8 Å². The van der Waals surface area contributed by atoms with Gasteiger partial charge in [0.25, 0.3) is 0 Å². The molecule has 0 aliphatic carbocycles. The molecule has 2 aromatic rings. The molecule has 0 atom stereocenters. The molecule has 1 heterocycles. The van der Waals surface area contributed by atoms with E-state index in [0.717, 1.165) is 11.3 Å². The number of rotatable bonds is 5. The van der Waals surface area contributed by atoms with Gasteiger partial charge in [-0.25, -0.2) is 12.8 Å². The molecule has 112 valence electrons. The van der Waals surface area contributed by atoms with Gasteiger partial charge in [0.2, 0.25) is 5.91 Å². The van der Waals surface area contributed by atoms with Gasteiger partial charge in [0.1, 0.15) is 15.8 Å². The second-order valence-electron chi connectivity index (χ2n) is 4.22. The molecule has 2 rings (SSSR count). The van der Waals surface area contributed by atoms with E-state index in [2.05, 4.69) is 5.32 Å². The van der Waals surface area contributed by atoms with Gasteiger partial charge in [-0.1, -0.05) is 23.7 Å². The van der Waals surface area contributed by atoms with E-state index in [1.54, 1.807) is 0 Å². The zero-order valence-electron chi connectivity index (χ0n) is 10.7.